The van der Waals surface area contributed by atoms with Crippen LogP contribution in [0.3, 0.4) is 0 Å². The number of rotatable bonds is 2. The summed E-state index contributed by atoms with van der Waals surface area (Å²) in [4.78, 5) is 8.75. The maximum Gasteiger partial charge on any atom is 0.120 e. The zero-order valence-corrected chi connectivity index (χ0v) is 22.2. The van der Waals surface area contributed by atoms with E-state index in [1.165, 1.54) is 16.7 Å². The summed E-state index contributed by atoms with van der Waals surface area (Å²) in [5.74, 6) is 0. The summed E-state index contributed by atoms with van der Waals surface area (Å²) in [6.45, 7) is 6.19. The van der Waals surface area contributed by atoms with Crippen molar-refractivity contribution in [1.82, 2.24) is 9.97 Å². The summed E-state index contributed by atoms with van der Waals surface area (Å²) in [6.07, 6.45) is 3.65. The van der Waals surface area contributed by atoms with Crippen LogP contribution in [0.25, 0.3) is 44.5 Å². The summed E-state index contributed by atoms with van der Waals surface area (Å²) in [6, 6.07) is 32.8. The van der Waals surface area contributed by atoms with E-state index in [0.29, 0.717) is 0 Å². The van der Waals surface area contributed by atoms with Gasteiger partial charge in [-0.15, -0.1) is 53.6 Å². The first-order chi connectivity index (χ1) is 16.6. The quantitative estimate of drug-likeness (QED) is 0.182. The van der Waals surface area contributed by atoms with E-state index in [1.807, 2.05) is 60.9 Å². The number of furan rings is 1. The second kappa shape index (κ2) is 10.8. The molecule has 0 saturated heterocycles. The molecule has 3 aromatic carbocycles. The van der Waals surface area contributed by atoms with E-state index in [9.17, 15) is 0 Å². The minimum absolute atomic E-state index is 0. The molecule has 0 amide bonds. The molecule has 35 heavy (non-hydrogen) atoms. The van der Waals surface area contributed by atoms with E-state index < -0.39 is 0 Å². The number of nitrogens with zero attached hydrogens (tertiary/aromatic N) is 2. The van der Waals surface area contributed by atoms with Gasteiger partial charge in [0.2, 0.25) is 0 Å². The largest absolute Gasteiger partial charge is 0.501 e. The molecule has 4 heteroatoms. The van der Waals surface area contributed by atoms with Crippen LogP contribution in [0.2, 0.25) is 0 Å². The first-order valence-corrected chi connectivity index (χ1v) is 11.2. The molecule has 0 fully saturated rings. The average Bonchev–Trinajstić information content (AvgIpc) is 3.24. The fourth-order valence-electron chi connectivity index (χ4n) is 3.90. The van der Waals surface area contributed by atoms with E-state index in [1.54, 1.807) is 0 Å². The van der Waals surface area contributed by atoms with Crippen molar-refractivity contribution in [3.05, 3.63) is 120 Å². The van der Waals surface area contributed by atoms with Crippen LogP contribution in [0.4, 0.5) is 0 Å². The Balaban J connectivity index is 0.000000171. The number of hydrogen-bond acceptors (Lipinski definition) is 3. The average molecular weight is 633 g/mol. The van der Waals surface area contributed by atoms with Crippen LogP contribution in [-0.4, -0.2) is 9.97 Å². The van der Waals surface area contributed by atoms with Crippen LogP contribution < -0.4 is 0 Å². The summed E-state index contributed by atoms with van der Waals surface area (Å²) in [5.41, 5.74) is 9.24. The fraction of sp³-hybridized carbons (Fsp3) is 0.0968. The third kappa shape index (κ3) is 5.40. The van der Waals surface area contributed by atoms with Crippen LogP contribution in [0.1, 0.15) is 16.7 Å². The second-order valence-corrected chi connectivity index (χ2v) is 8.41. The van der Waals surface area contributed by atoms with Gasteiger partial charge in [0.25, 0.3) is 0 Å². The second-order valence-electron chi connectivity index (χ2n) is 8.41. The molecule has 0 N–H and O–H groups in total. The molecule has 0 atom stereocenters. The van der Waals surface area contributed by atoms with Gasteiger partial charge in [-0.05, 0) is 43.4 Å². The fourth-order valence-corrected chi connectivity index (χ4v) is 3.90. The molecule has 0 bridgehead atoms. The molecule has 6 aromatic rings. The van der Waals surface area contributed by atoms with Crippen LogP contribution in [-0.2, 0) is 20.1 Å². The zero-order valence-electron chi connectivity index (χ0n) is 19.8. The van der Waals surface area contributed by atoms with Gasteiger partial charge < -0.3 is 14.4 Å². The smallest absolute Gasteiger partial charge is 0.120 e. The van der Waals surface area contributed by atoms with Gasteiger partial charge in [-0.3, -0.25) is 0 Å². The number of hydrogen-bond donors (Lipinski definition) is 0. The van der Waals surface area contributed by atoms with Gasteiger partial charge in [-0.1, -0.05) is 59.3 Å². The Labute approximate surface area is 219 Å². The Kier molecular flexibility index (Phi) is 7.55. The van der Waals surface area contributed by atoms with Crippen LogP contribution in [0.5, 0.6) is 0 Å². The molecule has 6 rings (SSSR count). The van der Waals surface area contributed by atoms with Crippen LogP contribution >= 0.6 is 0 Å². The summed E-state index contributed by atoms with van der Waals surface area (Å²) >= 11 is 0. The molecule has 0 unspecified atom stereocenters. The van der Waals surface area contributed by atoms with Crippen molar-refractivity contribution in [3.8, 4) is 22.5 Å². The molecule has 3 aromatic heterocycles. The summed E-state index contributed by atoms with van der Waals surface area (Å²) in [7, 11) is 0. The van der Waals surface area contributed by atoms with Crippen molar-refractivity contribution in [1.29, 1.82) is 0 Å². The molecule has 0 aliphatic heterocycles. The third-order valence-electron chi connectivity index (χ3n) is 5.67. The van der Waals surface area contributed by atoms with Gasteiger partial charge in [-0.25, -0.2) is 0 Å². The molecular weight excluding hydrogens is 609 g/mol. The standard InChI is InChI=1S/C18H12NO.C13H12N.Ir/c1-12-9-10-19-16(11-12)15-7-4-6-14-13-5-2-3-8-17(13)20-18(14)15;1-10-3-5-12(6-4-10)13-9-11(2)7-8-14-13;/h2-6,8-11H,1H3;3-5,7-9H,1-2H3;/q2*-1;. The Morgan fingerprint density at radius 2 is 1.40 bits per heavy atom. The number of benzene rings is 3. The van der Waals surface area contributed by atoms with E-state index in [4.69, 9.17) is 4.42 Å². The number of para-hydroxylation sites is 1. The van der Waals surface area contributed by atoms with Crippen LogP contribution in [0.15, 0.2) is 95.7 Å². The van der Waals surface area contributed by atoms with Gasteiger partial charge in [0.1, 0.15) is 5.58 Å². The predicted molar refractivity (Wildman–Crippen MR) is 139 cm³/mol. The Bertz CT molecular complexity index is 1590. The van der Waals surface area contributed by atoms with Gasteiger partial charge >= 0.3 is 0 Å². The topological polar surface area (TPSA) is 38.9 Å². The van der Waals surface area contributed by atoms with Crippen molar-refractivity contribution < 1.29 is 24.5 Å². The Hall–Kier alpha value is -3.59. The van der Waals surface area contributed by atoms with Gasteiger partial charge in [0.15, 0.2) is 0 Å². The molecule has 0 saturated carbocycles. The number of fused-ring (bicyclic) bond motifs is 3. The normalized spacial score (nSPS) is 10.5. The zero-order chi connectivity index (χ0) is 23.5. The number of aromatic nitrogens is 2. The molecule has 0 spiro atoms. The van der Waals surface area contributed by atoms with E-state index >= 15 is 0 Å². The maximum atomic E-state index is 6.01. The molecule has 3 nitrogen and oxygen atoms in total. The predicted octanol–water partition coefficient (Wildman–Crippen LogP) is 7.92. The molecule has 0 aliphatic rings. The van der Waals surface area contributed by atoms with Crippen molar-refractivity contribution in [2.45, 2.75) is 20.8 Å². The minimum Gasteiger partial charge on any atom is -0.501 e. The number of pyridine rings is 2. The first kappa shape index (κ1) is 24.5. The monoisotopic (exact) mass is 633 g/mol. The van der Waals surface area contributed by atoms with E-state index in [2.05, 4.69) is 73.2 Å². The van der Waals surface area contributed by atoms with E-state index in [-0.39, 0.29) is 20.1 Å². The van der Waals surface area contributed by atoms with Crippen molar-refractivity contribution >= 4 is 21.9 Å². The maximum absolute atomic E-state index is 6.01. The SMILES string of the molecule is Cc1c[c-]c(-c2cc(C)ccn2)cc1.Cc1ccnc(-c2[c-]ccc3c2oc2ccccc23)c1.[Ir]. The first-order valence-electron chi connectivity index (χ1n) is 11.2. The third-order valence-corrected chi connectivity index (χ3v) is 5.67. The summed E-state index contributed by atoms with van der Waals surface area (Å²) in [5, 5.41) is 2.24. The molecular formula is C31H24IrN2O-2. The van der Waals surface area contributed by atoms with Gasteiger partial charge in [0.05, 0.1) is 5.58 Å². The van der Waals surface area contributed by atoms with Gasteiger partial charge in [-0.2, -0.15) is 0 Å². The Morgan fingerprint density at radius 3 is 2.11 bits per heavy atom. The minimum atomic E-state index is 0. The number of aryl methyl sites for hydroxylation is 3. The Morgan fingerprint density at radius 1 is 0.686 bits per heavy atom. The molecule has 0 aliphatic carbocycles. The molecule has 1 radical (unpaired) electrons. The van der Waals surface area contributed by atoms with Crippen LogP contribution in [0, 0.1) is 32.9 Å². The molecule has 3 heterocycles. The van der Waals surface area contributed by atoms with Crippen molar-refractivity contribution in [2.24, 2.45) is 0 Å². The van der Waals surface area contributed by atoms with Crippen molar-refractivity contribution in [3.63, 3.8) is 0 Å². The van der Waals surface area contributed by atoms with E-state index in [0.717, 1.165) is 44.5 Å². The molecule has 175 valence electrons. The van der Waals surface area contributed by atoms with Crippen molar-refractivity contribution in [2.75, 3.05) is 0 Å². The van der Waals surface area contributed by atoms with Gasteiger partial charge in [0, 0.05) is 37.9 Å². The summed E-state index contributed by atoms with van der Waals surface area (Å²) < 4.78 is 6.01.